The van der Waals surface area contributed by atoms with Crippen LogP contribution in [0.4, 0.5) is 8.78 Å². The summed E-state index contributed by atoms with van der Waals surface area (Å²) in [5.41, 5.74) is 1.05. The van der Waals surface area contributed by atoms with E-state index in [2.05, 4.69) is 25.8 Å². The van der Waals surface area contributed by atoms with Gasteiger partial charge in [0.1, 0.15) is 17.5 Å². The molecule has 3 aromatic rings. The number of pyridine rings is 1. The van der Waals surface area contributed by atoms with E-state index in [9.17, 15) is 8.78 Å². The van der Waals surface area contributed by atoms with Crippen LogP contribution in [0.2, 0.25) is 0 Å². The Morgan fingerprint density at radius 1 is 1.14 bits per heavy atom. The lowest BCUT2D eigenvalue weighted by Crippen LogP contribution is -2.37. The lowest BCUT2D eigenvalue weighted by Gasteiger charge is -2.11. The molecule has 0 atom stereocenters. The highest BCUT2D eigenvalue weighted by molar-refractivity contribution is 14.0. The topological polar surface area (TPSA) is 66.6 Å². The van der Waals surface area contributed by atoms with Crippen molar-refractivity contribution in [3.63, 3.8) is 0 Å². The van der Waals surface area contributed by atoms with Crippen LogP contribution in [-0.2, 0) is 13.0 Å². The number of fused-ring (bicyclic) bond motifs is 1. The molecule has 0 aliphatic rings. The predicted octanol–water partition coefficient (Wildman–Crippen LogP) is 3.31. The molecule has 3 rings (SSSR count). The standard InChI is InChI=1S/C19H22F2N6.HI/c1-2-22-19(24-13-14-12-15(20)8-9-16(14)21)23-10-5-7-18-26-25-17-6-3-4-11-27(17)18;/h3-4,6,8-9,11-12H,2,5,7,10,13H2,1H3,(H2,22,23,24);1H. The van der Waals surface area contributed by atoms with E-state index in [1.165, 1.54) is 6.07 Å². The Hall–Kier alpha value is -2.30. The first-order valence-electron chi connectivity index (χ1n) is 8.92. The Bertz CT molecular complexity index is 928. The number of hydrogen-bond donors (Lipinski definition) is 2. The minimum Gasteiger partial charge on any atom is -0.357 e. The molecule has 2 aromatic heterocycles. The highest BCUT2D eigenvalue weighted by Gasteiger charge is 2.06. The van der Waals surface area contributed by atoms with Crippen molar-refractivity contribution in [2.45, 2.75) is 26.3 Å². The number of benzene rings is 1. The quantitative estimate of drug-likeness (QED) is 0.226. The summed E-state index contributed by atoms with van der Waals surface area (Å²) in [6, 6.07) is 9.16. The zero-order chi connectivity index (χ0) is 19.1. The molecular formula is C19H23F2IN6. The summed E-state index contributed by atoms with van der Waals surface area (Å²) in [7, 11) is 0. The van der Waals surface area contributed by atoms with Crippen LogP contribution in [0.3, 0.4) is 0 Å². The molecule has 0 bridgehead atoms. The minimum atomic E-state index is -0.472. The Morgan fingerprint density at radius 3 is 2.82 bits per heavy atom. The van der Waals surface area contributed by atoms with Gasteiger partial charge in [0.15, 0.2) is 11.6 Å². The van der Waals surface area contributed by atoms with Crippen LogP contribution in [0.1, 0.15) is 24.7 Å². The summed E-state index contributed by atoms with van der Waals surface area (Å²) < 4.78 is 28.9. The molecule has 150 valence electrons. The number of guanidine groups is 1. The van der Waals surface area contributed by atoms with E-state index in [0.29, 0.717) is 19.0 Å². The van der Waals surface area contributed by atoms with Crippen LogP contribution in [0.25, 0.3) is 5.65 Å². The van der Waals surface area contributed by atoms with Crippen molar-refractivity contribution < 1.29 is 8.78 Å². The first-order valence-corrected chi connectivity index (χ1v) is 8.92. The number of aliphatic imine (C=N–C) groups is 1. The fourth-order valence-corrected chi connectivity index (χ4v) is 2.69. The molecule has 0 spiro atoms. The highest BCUT2D eigenvalue weighted by Crippen LogP contribution is 2.10. The Labute approximate surface area is 179 Å². The zero-order valence-electron chi connectivity index (χ0n) is 15.5. The second-order valence-corrected chi connectivity index (χ2v) is 6.01. The van der Waals surface area contributed by atoms with Gasteiger partial charge in [0.05, 0.1) is 6.54 Å². The van der Waals surface area contributed by atoms with E-state index in [-0.39, 0.29) is 36.1 Å². The normalized spacial score (nSPS) is 11.3. The van der Waals surface area contributed by atoms with Crippen LogP contribution in [0, 0.1) is 11.6 Å². The van der Waals surface area contributed by atoms with Gasteiger partial charge in [0.25, 0.3) is 0 Å². The molecule has 0 aliphatic carbocycles. The molecule has 9 heteroatoms. The minimum absolute atomic E-state index is 0. The summed E-state index contributed by atoms with van der Waals surface area (Å²) in [4.78, 5) is 4.32. The average Bonchev–Trinajstić information content (AvgIpc) is 3.09. The van der Waals surface area contributed by atoms with Crippen molar-refractivity contribution in [2.24, 2.45) is 4.99 Å². The van der Waals surface area contributed by atoms with Gasteiger partial charge in [-0.3, -0.25) is 4.40 Å². The zero-order valence-corrected chi connectivity index (χ0v) is 17.9. The van der Waals surface area contributed by atoms with Crippen LogP contribution >= 0.6 is 24.0 Å². The smallest absolute Gasteiger partial charge is 0.191 e. The fraction of sp³-hybridized carbons (Fsp3) is 0.316. The monoisotopic (exact) mass is 500 g/mol. The molecule has 0 saturated carbocycles. The maximum Gasteiger partial charge on any atom is 0.191 e. The van der Waals surface area contributed by atoms with Gasteiger partial charge in [-0.15, -0.1) is 34.2 Å². The van der Waals surface area contributed by atoms with Gasteiger partial charge >= 0.3 is 0 Å². The largest absolute Gasteiger partial charge is 0.357 e. The number of rotatable bonds is 7. The summed E-state index contributed by atoms with van der Waals surface area (Å²) in [6.45, 7) is 3.35. The summed E-state index contributed by atoms with van der Waals surface area (Å²) in [6.07, 6.45) is 3.53. The third-order valence-corrected chi connectivity index (χ3v) is 4.01. The molecule has 2 heterocycles. The van der Waals surface area contributed by atoms with E-state index in [4.69, 9.17) is 0 Å². The van der Waals surface area contributed by atoms with Gasteiger partial charge < -0.3 is 10.6 Å². The molecule has 0 amide bonds. The summed E-state index contributed by atoms with van der Waals surface area (Å²) in [5.74, 6) is 0.526. The predicted molar refractivity (Wildman–Crippen MR) is 116 cm³/mol. The van der Waals surface area contributed by atoms with Crippen molar-refractivity contribution in [3.05, 3.63) is 65.6 Å². The first kappa shape index (κ1) is 22.0. The second kappa shape index (κ2) is 10.9. The number of halogens is 3. The number of nitrogens with one attached hydrogen (secondary N) is 2. The Kier molecular flexibility index (Phi) is 8.55. The molecule has 0 unspecified atom stereocenters. The second-order valence-electron chi connectivity index (χ2n) is 6.01. The fourth-order valence-electron chi connectivity index (χ4n) is 2.69. The number of aryl methyl sites for hydroxylation is 1. The van der Waals surface area contributed by atoms with Crippen molar-refractivity contribution in [3.8, 4) is 0 Å². The summed E-state index contributed by atoms with van der Waals surface area (Å²) >= 11 is 0. The van der Waals surface area contributed by atoms with Crippen LogP contribution in [-0.4, -0.2) is 33.6 Å². The number of aromatic nitrogens is 3. The molecule has 2 N–H and O–H groups in total. The number of nitrogens with zero attached hydrogens (tertiary/aromatic N) is 4. The van der Waals surface area contributed by atoms with Crippen molar-refractivity contribution >= 4 is 35.6 Å². The third kappa shape index (κ3) is 5.85. The SMILES string of the molecule is CCNC(=NCc1cc(F)ccc1F)NCCCc1nnc2ccccn12.I. The summed E-state index contributed by atoms with van der Waals surface area (Å²) in [5, 5.41) is 14.6. The maximum absolute atomic E-state index is 13.7. The van der Waals surface area contributed by atoms with E-state index in [0.717, 1.165) is 36.4 Å². The van der Waals surface area contributed by atoms with Gasteiger partial charge in [-0.25, -0.2) is 13.8 Å². The Morgan fingerprint density at radius 2 is 2.00 bits per heavy atom. The van der Waals surface area contributed by atoms with Crippen molar-refractivity contribution in [1.82, 2.24) is 25.2 Å². The number of hydrogen-bond acceptors (Lipinski definition) is 3. The molecule has 1 aromatic carbocycles. The van der Waals surface area contributed by atoms with Gasteiger partial charge in [-0.1, -0.05) is 6.07 Å². The van der Waals surface area contributed by atoms with Crippen molar-refractivity contribution in [1.29, 1.82) is 0 Å². The van der Waals surface area contributed by atoms with E-state index in [1.54, 1.807) is 0 Å². The van der Waals surface area contributed by atoms with Crippen LogP contribution in [0.5, 0.6) is 0 Å². The maximum atomic E-state index is 13.7. The van der Waals surface area contributed by atoms with Crippen molar-refractivity contribution in [2.75, 3.05) is 13.1 Å². The average molecular weight is 500 g/mol. The Balaban J connectivity index is 0.00000280. The lowest BCUT2D eigenvalue weighted by atomic mass is 10.2. The van der Waals surface area contributed by atoms with Gasteiger partial charge in [0, 0.05) is 31.3 Å². The van der Waals surface area contributed by atoms with E-state index >= 15 is 0 Å². The lowest BCUT2D eigenvalue weighted by molar-refractivity contribution is 0.585. The molecule has 6 nitrogen and oxygen atoms in total. The van der Waals surface area contributed by atoms with E-state index < -0.39 is 11.6 Å². The highest BCUT2D eigenvalue weighted by atomic mass is 127. The van der Waals surface area contributed by atoms with Crippen LogP contribution in [0.15, 0.2) is 47.6 Å². The molecule has 0 saturated heterocycles. The van der Waals surface area contributed by atoms with Gasteiger partial charge in [-0.05, 0) is 43.7 Å². The molecule has 28 heavy (non-hydrogen) atoms. The first-order chi connectivity index (χ1) is 13.2. The molecular weight excluding hydrogens is 477 g/mol. The molecule has 0 aliphatic heterocycles. The molecule has 0 fully saturated rings. The van der Waals surface area contributed by atoms with Gasteiger partial charge in [0.2, 0.25) is 0 Å². The van der Waals surface area contributed by atoms with Gasteiger partial charge in [-0.2, -0.15) is 0 Å². The van der Waals surface area contributed by atoms with Crippen LogP contribution < -0.4 is 10.6 Å². The van der Waals surface area contributed by atoms with E-state index in [1.807, 2.05) is 35.7 Å². The molecule has 0 radical (unpaired) electrons. The third-order valence-electron chi connectivity index (χ3n) is 4.01.